The molecule has 0 aliphatic carbocycles. The van der Waals surface area contributed by atoms with E-state index in [-0.39, 0.29) is 11.8 Å². The molecule has 0 atom stereocenters. The van der Waals surface area contributed by atoms with E-state index < -0.39 is 0 Å². The molecule has 1 aromatic heterocycles. The summed E-state index contributed by atoms with van der Waals surface area (Å²) in [5.74, 6) is 0.200. The van der Waals surface area contributed by atoms with Gasteiger partial charge in [0, 0.05) is 29.7 Å². The molecule has 1 heterocycles. The monoisotopic (exact) mass is 423 g/mol. The first-order valence-corrected chi connectivity index (χ1v) is 10.7. The number of amides is 2. The molecule has 3 aromatic rings. The molecule has 0 bridgehead atoms. The van der Waals surface area contributed by atoms with Crippen LogP contribution in [0, 0.1) is 6.92 Å². The minimum absolute atomic E-state index is 0.0195. The topological polar surface area (TPSA) is 71.5 Å². The summed E-state index contributed by atoms with van der Waals surface area (Å²) in [6.07, 6.45) is 0. The van der Waals surface area contributed by atoms with Gasteiger partial charge in [-0.1, -0.05) is 12.1 Å². The van der Waals surface area contributed by atoms with E-state index in [4.69, 9.17) is 4.74 Å². The van der Waals surface area contributed by atoms with Crippen LogP contribution in [0.3, 0.4) is 0 Å². The number of thiazole rings is 1. The normalized spacial score (nSPS) is 10.5. The highest BCUT2D eigenvalue weighted by Crippen LogP contribution is 2.22. The van der Waals surface area contributed by atoms with Crippen LogP contribution in [0.2, 0.25) is 0 Å². The van der Waals surface area contributed by atoms with E-state index in [1.807, 2.05) is 32.2 Å². The number of rotatable bonds is 8. The van der Waals surface area contributed by atoms with Gasteiger partial charge in [-0.05, 0) is 57.2 Å². The SMILES string of the molecule is CCN(CC)C(=O)c1ccc(NC(=O)c2ccccc2OCc2csc(C)n2)cc1. The zero-order valence-corrected chi connectivity index (χ0v) is 18.2. The predicted octanol–water partition coefficient (Wildman–Crippen LogP) is 4.76. The van der Waals surface area contributed by atoms with Crippen LogP contribution in [0.4, 0.5) is 5.69 Å². The molecule has 2 aromatic carbocycles. The molecule has 0 aliphatic heterocycles. The van der Waals surface area contributed by atoms with E-state index >= 15 is 0 Å². The largest absolute Gasteiger partial charge is 0.486 e. The Morgan fingerprint density at radius 1 is 1.07 bits per heavy atom. The molecule has 6 nitrogen and oxygen atoms in total. The summed E-state index contributed by atoms with van der Waals surface area (Å²) in [6, 6.07) is 14.0. The molecule has 2 amide bonds. The Hall–Kier alpha value is -3.19. The van der Waals surface area contributed by atoms with Crippen LogP contribution < -0.4 is 10.1 Å². The minimum Gasteiger partial charge on any atom is -0.486 e. The van der Waals surface area contributed by atoms with Crippen molar-refractivity contribution in [3.05, 3.63) is 75.7 Å². The highest BCUT2D eigenvalue weighted by atomic mass is 32.1. The average molecular weight is 424 g/mol. The zero-order chi connectivity index (χ0) is 21.5. The molecule has 7 heteroatoms. The van der Waals surface area contributed by atoms with Crippen molar-refractivity contribution in [3.8, 4) is 5.75 Å². The minimum atomic E-state index is -0.275. The third-order valence-electron chi connectivity index (χ3n) is 4.61. The number of benzene rings is 2. The van der Waals surface area contributed by atoms with E-state index in [1.54, 1.807) is 58.7 Å². The van der Waals surface area contributed by atoms with E-state index in [9.17, 15) is 9.59 Å². The number of anilines is 1. The van der Waals surface area contributed by atoms with Gasteiger partial charge in [0.05, 0.1) is 16.3 Å². The Morgan fingerprint density at radius 3 is 2.40 bits per heavy atom. The quantitative estimate of drug-likeness (QED) is 0.567. The van der Waals surface area contributed by atoms with Crippen molar-refractivity contribution in [3.63, 3.8) is 0 Å². The number of ether oxygens (including phenoxy) is 1. The molecule has 1 N–H and O–H groups in total. The summed E-state index contributed by atoms with van der Waals surface area (Å²) in [6.45, 7) is 7.46. The van der Waals surface area contributed by atoms with Crippen molar-refractivity contribution >= 4 is 28.8 Å². The van der Waals surface area contributed by atoms with Crippen LogP contribution in [-0.4, -0.2) is 34.8 Å². The summed E-state index contributed by atoms with van der Waals surface area (Å²) in [5.41, 5.74) is 2.48. The summed E-state index contributed by atoms with van der Waals surface area (Å²) in [5, 5.41) is 5.78. The van der Waals surface area contributed by atoms with Crippen LogP contribution in [0.25, 0.3) is 0 Å². The Morgan fingerprint density at radius 2 is 1.77 bits per heavy atom. The molecular formula is C23H25N3O3S. The summed E-state index contributed by atoms with van der Waals surface area (Å²) < 4.78 is 5.83. The summed E-state index contributed by atoms with van der Waals surface area (Å²) >= 11 is 1.56. The second-order valence-corrected chi connectivity index (χ2v) is 7.71. The number of carbonyl (C=O) groups is 2. The van der Waals surface area contributed by atoms with Gasteiger partial charge in [0.15, 0.2) is 0 Å². The van der Waals surface area contributed by atoms with Gasteiger partial charge in [0.2, 0.25) is 0 Å². The lowest BCUT2D eigenvalue weighted by Gasteiger charge is -2.18. The first-order chi connectivity index (χ1) is 14.5. The predicted molar refractivity (Wildman–Crippen MR) is 119 cm³/mol. The molecule has 0 radical (unpaired) electrons. The van der Waals surface area contributed by atoms with Gasteiger partial charge in [-0.15, -0.1) is 11.3 Å². The summed E-state index contributed by atoms with van der Waals surface area (Å²) in [4.78, 5) is 31.3. The third-order valence-corrected chi connectivity index (χ3v) is 5.44. The molecule has 0 saturated heterocycles. The molecule has 156 valence electrons. The maximum atomic E-state index is 12.8. The number of aromatic nitrogens is 1. The lowest BCUT2D eigenvalue weighted by Crippen LogP contribution is -2.30. The van der Waals surface area contributed by atoms with E-state index in [0.29, 0.717) is 42.3 Å². The van der Waals surface area contributed by atoms with Crippen LogP contribution in [0.15, 0.2) is 53.9 Å². The highest BCUT2D eigenvalue weighted by Gasteiger charge is 2.15. The molecule has 0 aliphatic rings. The van der Waals surface area contributed by atoms with Crippen molar-refractivity contribution in [1.82, 2.24) is 9.88 Å². The van der Waals surface area contributed by atoms with Gasteiger partial charge < -0.3 is 15.0 Å². The maximum Gasteiger partial charge on any atom is 0.259 e. The average Bonchev–Trinajstić information content (AvgIpc) is 3.19. The number of hydrogen-bond donors (Lipinski definition) is 1. The van der Waals surface area contributed by atoms with Crippen LogP contribution in [0.5, 0.6) is 5.75 Å². The number of para-hydroxylation sites is 1. The highest BCUT2D eigenvalue weighted by molar-refractivity contribution is 7.09. The lowest BCUT2D eigenvalue weighted by molar-refractivity contribution is 0.0773. The van der Waals surface area contributed by atoms with Crippen LogP contribution in [0.1, 0.15) is 45.3 Å². The zero-order valence-electron chi connectivity index (χ0n) is 17.3. The molecular weight excluding hydrogens is 398 g/mol. The number of hydrogen-bond acceptors (Lipinski definition) is 5. The molecule has 0 fully saturated rings. The van der Waals surface area contributed by atoms with Crippen LogP contribution in [-0.2, 0) is 6.61 Å². The number of nitrogens with zero attached hydrogens (tertiary/aromatic N) is 2. The first-order valence-electron chi connectivity index (χ1n) is 9.85. The molecule has 0 saturated carbocycles. The van der Waals surface area contributed by atoms with Gasteiger partial charge in [-0.2, -0.15) is 0 Å². The fourth-order valence-electron chi connectivity index (χ4n) is 2.99. The number of nitrogens with one attached hydrogen (secondary N) is 1. The Balaban J connectivity index is 1.68. The van der Waals surface area contributed by atoms with E-state index in [2.05, 4.69) is 10.3 Å². The van der Waals surface area contributed by atoms with Gasteiger partial charge in [-0.3, -0.25) is 9.59 Å². The second kappa shape index (κ2) is 10.0. The third kappa shape index (κ3) is 5.24. The fraction of sp³-hybridized carbons (Fsp3) is 0.261. The first kappa shape index (κ1) is 21.5. The number of aryl methyl sites for hydroxylation is 1. The van der Waals surface area contributed by atoms with Gasteiger partial charge in [0.1, 0.15) is 12.4 Å². The van der Waals surface area contributed by atoms with Crippen molar-refractivity contribution < 1.29 is 14.3 Å². The standard InChI is InChI=1S/C23H25N3O3S/c1-4-26(5-2)23(28)17-10-12-18(13-11-17)25-22(27)20-8-6-7-9-21(20)29-14-19-15-30-16(3)24-19/h6-13,15H,4-5,14H2,1-3H3,(H,25,27). The smallest absolute Gasteiger partial charge is 0.259 e. The Bertz CT molecular complexity index is 1010. The van der Waals surface area contributed by atoms with Crippen molar-refractivity contribution in [2.24, 2.45) is 0 Å². The van der Waals surface area contributed by atoms with Crippen molar-refractivity contribution in [1.29, 1.82) is 0 Å². The van der Waals surface area contributed by atoms with Gasteiger partial charge >= 0.3 is 0 Å². The Labute approximate surface area is 180 Å². The molecule has 0 spiro atoms. The van der Waals surface area contributed by atoms with Crippen molar-refractivity contribution in [2.75, 3.05) is 18.4 Å². The van der Waals surface area contributed by atoms with Crippen LogP contribution >= 0.6 is 11.3 Å². The summed E-state index contributed by atoms with van der Waals surface area (Å²) in [7, 11) is 0. The second-order valence-electron chi connectivity index (χ2n) is 6.65. The Kier molecular flexibility index (Phi) is 7.19. The van der Waals surface area contributed by atoms with E-state index in [0.717, 1.165) is 10.7 Å². The van der Waals surface area contributed by atoms with Crippen molar-refractivity contribution in [2.45, 2.75) is 27.4 Å². The van der Waals surface area contributed by atoms with E-state index in [1.165, 1.54) is 0 Å². The maximum absolute atomic E-state index is 12.8. The van der Waals surface area contributed by atoms with Gasteiger partial charge in [0.25, 0.3) is 11.8 Å². The molecule has 30 heavy (non-hydrogen) atoms. The lowest BCUT2D eigenvalue weighted by atomic mass is 10.1. The fourth-order valence-corrected chi connectivity index (χ4v) is 3.59. The molecule has 0 unspecified atom stereocenters. The number of carbonyl (C=O) groups excluding carboxylic acids is 2. The molecule has 3 rings (SSSR count). The van der Waals surface area contributed by atoms with Gasteiger partial charge in [-0.25, -0.2) is 4.98 Å².